The third-order valence-corrected chi connectivity index (χ3v) is 5.89. The quantitative estimate of drug-likeness (QED) is 0.607. The minimum Gasteiger partial charge on any atom is -0.338 e. The molecule has 1 aromatic heterocycles. The molecule has 3 aromatic rings. The number of imidazole rings is 1. The second kappa shape index (κ2) is 7.94. The van der Waals surface area contributed by atoms with E-state index in [9.17, 15) is 4.79 Å². The third kappa shape index (κ3) is 3.77. The SMILES string of the molecule is Cl.O=C(CC1CC2CCC(C1)N2)Nc1ccccc1-c1nc2ccccc2[nH]1. The van der Waals surface area contributed by atoms with Gasteiger partial charge in [0, 0.05) is 24.1 Å². The highest BCUT2D eigenvalue weighted by Gasteiger charge is 2.34. The molecule has 5 rings (SSSR count). The fourth-order valence-corrected chi connectivity index (χ4v) is 4.68. The number of piperidine rings is 1. The van der Waals surface area contributed by atoms with Crippen molar-refractivity contribution < 1.29 is 4.79 Å². The zero-order valence-corrected chi connectivity index (χ0v) is 16.5. The Morgan fingerprint density at radius 1 is 1.04 bits per heavy atom. The predicted octanol–water partition coefficient (Wildman–Crippen LogP) is 4.51. The van der Waals surface area contributed by atoms with Gasteiger partial charge in [0.25, 0.3) is 0 Å². The number of rotatable bonds is 4. The number of carbonyl (C=O) groups is 1. The third-order valence-electron chi connectivity index (χ3n) is 5.89. The number of anilines is 1. The summed E-state index contributed by atoms with van der Waals surface area (Å²) in [5.41, 5.74) is 3.67. The number of aromatic nitrogens is 2. The Morgan fingerprint density at radius 3 is 2.54 bits per heavy atom. The molecule has 0 spiro atoms. The molecule has 2 aliphatic rings. The van der Waals surface area contributed by atoms with E-state index in [1.807, 2.05) is 48.5 Å². The summed E-state index contributed by atoms with van der Waals surface area (Å²) in [4.78, 5) is 20.7. The normalized spacial score (nSPS) is 23.4. The Morgan fingerprint density at radius 2 is 1.75 bits per heavy atom. The van der Waals surface area contributed by atoms with Gasteiger partial charge in [0.1, 0.15) is 5.82 Å². The number of aromatic amines is 1. The second-order valence-electron chi connectivity index (χ2n) is 7.88. The Kier molecular flexibility index (Phi) is 5.38. The van der Waals surface area contributed by atoms with Crippen molar-refractivity contribution in [1.82, 2.24) is 15.3 Å². The largest absolute Gasteiger partial charge is 0.338 e. The average Bonchev–Trinajstić information content (AvgIpc) is 3.25. The molecule has 2 unspecified atom stereocenters. The summed E-state index contributed by atoms with van der Waals surface area (Å²) >= 11 is 0. The number of amides is 1. The van der Waals surface area contributed by atoms with Crippen LogP contribution < -0.4 is 10.6 Å². The number of benzene rings is 2. The van der Waals surface area contributed by atoms with Gasteiger partial charge in [0.05, 0.1) is 16.7 Å². The first-order chi connectivity index (χ1) is 13.2. The maximum atomic E-state index is 12.7. The van der Waals surface area contributed by atoms with Gasteiger partial charge in [-0.1, -0.05) is 24.3 Å². The number of para-hydroxylation sites is 3. The van der Waals surface area contributed by atoms with E-state index in [1.54, 1.807) is 0 Å². The van der Waals surface area contributed by atoms with Gasteiger partial charge in [0.15, 0.2) is 0 Å². The van der Waals surface area contributed by atoms with Gasteiger partial charge in [-0.25, -0.2) is 4.98 Å². The van der Waals surface area contributed by atoms with Crippen LogP contribution >= 0.6 is 12.4 Å². The van der Waals surface area contributed by atoms with Crippen molar-refractivity contribution in [3.8, 4) is 11.4 Å². The number of H-pyrrole nitrogens is 1. The van der Waals surface area contributed by atoms with Crippen molar-refractivity contribution in [2.75, 3.05) is 5.32 Å². The van der Waals surface area contributed by atoms with Crippen LogP contribution in [-0.4, -0.2) is 28.0 Å². The summed E-state index contributed by atoms with van der Waals surface area (Å²) in [5, 5.41) is 6.77. The molecule has 3 heterocycles. The lowest BCUT2D eigenvalue weighted by atomic mass is 9.89. The van der Waals surface area contributed by atoms with Gasteiger partial charge in [-0.3, -0.25) is 4.79 Å². The molecule has 0 aliphatic carbocycles. The van der Waals surface area contributed by atoms with Gasteiger partial charge in [-0.05, 0) is 55.9 Å². The summed E-state index contributed by atoms with van der Waals surface area (Å²) in [6.07, 6.45) is 5.36. The molecular formula is C22H25ClN4O. The lowest BCUT2D eigenvalue weighted by Crippen LogP contribution is -2.39. The van der Waals surface area contributed by atoms with Gasteiger partial charge >= 0.3 is 0 Å². The number of fused-ring (bicyclic) bond motifs is 3. The number of hydrogen-bond donors (Lipinski definition) is 3. The summed E-state index contributed by atoms with van der Waals surface area (Å²) < 4.78 is 0. The molecule has 2 saturated heterocycles. The Bertz CT molecular complexity index is 940. The molecule has 2 aromatic carbocycles. The standard InChI is InChI=1S/C22H24N4O.ClH/c27-21(13-14-11-15-9-10-16(12-14)23-15)24-18-6-2-1-5-17(18)22-25-19-7-3-4-8-20(19)26-22;/h1-8,14-16,23H,9-13H2,(H,24,27)(H,25,26);1H. The van der Waals surface area contributed by atoms with Crippen LogP contribution in [0.25, 0.3) is 22.4 Å². The van der Waals surface area contributed by atoms with E-state index in [0.29, 0.717) is 24.4 Å². The lowest BCUT2D eigenvalue weighted by Gasteiger charge is -2.28. The van der Waals surface area contributed by atoms with Crippen molar-refractivity contribution in [2.24, 2.45) is 5.92 Å². The van der Waals surface area contributed by atoms with E-state index in [2.05, 4.69) is 20.6 Å². The topological polar surface area (TPSA) is 69.8 Å². The minimum atomic E-state index is 0. The summed E-state index contributed by atoms with van der Waals surface area (Å²) in [7, 11) is 0. The summed E-state index contributed by atoms with van der Waals surface area (Å²) in [6, 6.07) is 17.1. The van der Waals surface area contributed by atoms with Crippen molar-refractivity contribution in [1.29, 1.82) is 0 Å². The number of hydrogen-bond acceptors (Lipinski definition) is 3. The zero-order valence-electron chi connectivity index (χ0n) is 15.7. The number of nitrogens with zero attached hydrogens (tertiary/aromatic N) is 1. The predicted molar refractivity (Wildman–Crippen MR) is 115 cm³/mol. The molecule has 0 saturated carbocycles. The van der Waals surface area contributed by atoms with Crippen LogP contribution in [0.15, 0.2) is 48.5 Å². The number of carbonyl (C=O) groups excluding carboxylic acids is 1. The van der Waals surface area contributed by atoms with Crippen molar-refractivity contribution in [2.45, 2.75) is 44.2 Å². The van der Waals surface area contributed by atoms with Gasteiger partial charge < -0.3 is 15.6 Å². The minimum absolute atomic E-state index is 0. The van der Waals surface area contributed by atoms with Gasteiger partial charge in [-0.2, -0.15) is 0 Å². The Balaban J connectivity index is 0.00000192. The van der Waals surface area contributed by atoms with Crippen LogP contribution in [0.1, 0.15) is 32.1 Å². The first kappa shape index (κ1) is 19.0. The molecule has 2 atom stereocenters. The summed E-state index contributed by atoms with van der Waals surface area (Å²) in [5.74, 6) is 1.37. The molecule has 2 bridgehead atoms. The second-order valence-corrected chi connectivity index (χ2v) is 7.88. The van der Waals surface area contributed by atoms with Crippen LogP contribution in [0, 0.1) is 5.92 Å². The Labute approximate surface area is 170 Å². The van der Waals surface area contributed by atoms with Crippen molar-refractivity contribution in [3.05, 3.63) is 48.5 Å². The van der Waals surface area contributed by atoms with Crippen molar-refractivity contribution >= 4 is 35.0 Å². The van der Waals surface area contributed by atoms with Crippen LogP contribution in [0.5, 0.6) is 0 Å². The van der Waals surface area contributed by atoms with Crippen LogP contribution in [0.3, 0.4) is 0 Å². The molecule has 146 valence electrons. The van der Waals surface area contributed by atoms with E-state index in [1.165, 1.54) is 12.8 Å². The summed E-state index contributed by atoms with van der Waals surface area (Å²) in [6.45, 7) is 0. The molecule has 3 N–H and O–H groups in total. The molecular weight excluding hydrogens is 372 g/mol. The monoisotopic (exact) mass is 396 g/mol. The Hall–Kier alpha value is -2.37. The fraction of sp³-hybridized carbons (Fsp3) is 0.364. The van der Waals surface area contributed by atoms with E-state index in [4.69, 9.17) is 0 Å². The van der Waals surface area contributed by atoms with Crippen LogP contribution in [0.2, 0.25) is 0 Å². The van der Waals surface area contributed by atoms with E-state index in [-0.39, 0.29) is 18.3 Å². The molecule has 5 nitrogen and oxygen atoms in total. The van der Waals surface area contributed by atoms with Crippen LogP contribution in [0.4, 0.5) is 5.69 Å². The lowest BCUT2D eigenvalue weighted by molar-refractivity contribution is -0.117. The molecule has 1 amide bonds. The molecule has 28 heavy (non-hydrogen) atoms. The number of nitrogens with one attached hydrogen (secondary N) is 3. The molecule has 6 heteroatoms. The maximum Gasteiger partial charge on any atom is 0.224 e. The first-order valence-corrected chi connectivity index (χ1v) is 9.84. The zero-order chi connectivity index (χ0) is 18.2. The molecule has 2 aliphatic heterocycles. The van der Waals surface area contributed by atoms with E-state index < -0.39 is 0 Å². The van der Waals surface area contributed by atoms with E-state index in [0.717, 1.165) is 41.0 Å². The smallest absolute Gasteiger partial charge is 0.224 e. The fourth-order valence-electron chi connectivity index (χ4n) is 4.68. The van der Waals surface area contributed by atoms with Gasteiger partial charge in [0.2, 0.25) is 5.91 Å². The maximum absolute atomic E-state index is 12.7. The molecule has 0 radical (unpaired) electrons. The highest BCUT2D eigenvalue weighted by atomic mass is 35.5. The van der Waals surface area contributed by atoms with Crippen LogP contribution in [-0.2, 0) is 4.79 Å². The molecule has 2 fully saturated rings. The highest BCUT2D eigenvalue weighted by Crippen LogP contribution is 2.33. The first-order valence-electron chi connectivity index (χ1n) is 9.84. The highest BCUT2D eigenvalue weighted by molar-refractivity contribution is 5.95. The van der Waals surface area contributed by atoms with Gasteiger partial charge in [-0.15, -0.1) is 12.4 Å². The van der Waals surface area contributed by atoms with E-state index >= 15 is 0 Å². The average molecular weight is 397 g/mol. The van der Waals surface area contributed by atoms with Crippen molar-refractivity contribution in [3.63, 3.8) is 0 Å². The number of halogens is 1.